The molecule has 0 saturated carbocycles. The predicted molar refractivity (Wildman–Crippen MR) is 69.0 cm³/mol. The molecule has 18 heavy (non-hydrogen) atoms. The van der Waals surface area contributed by atoms with Crippen LogP contribution in [0.5, 0.6) is 5.75 Å². The van der Waals surface area contributed by atoms with Crippen molar-refractivity contribution in [1.29, 1.82) is 0 Å². The number of phenols is 1. The third kappa shape index (κ3) is 1.61. The molecule has 3 heteroatoms. The molecule has 0 aliphatic carbocycles. The Balaban J connectivity index is 2.22. The summed E-state index contributed by atoms with van der Waals surface area (Å²) in [7, 11) is 0. The molecule has 0 unspecified atom stereocenters. The number of nitrogens with zero attached hydrogens (tertiary/aromatic N) is 1. The Labute approximate surface area is 104 Å². The number of phenolic OH excluding ortho intramolecular Hbond substituents is 1. The van der Waals surface area contributed by atoms with Crippen LogP contribution in [-0.4, -0.2) is 10.1 Å². The Morgan fingerprint density at radius 1 is 1.17 bits per heavy atom. The fourth-order valence-corrected chi connectivity index (χ4v) is 1.78. The van der Waals surface area contributed by atoms with E-state index in [9.17, 15) is 5.11 Å². The van der Waals surface area contributed by atoms with Crippen LogP contribution in [0.3, 0.4) is 0 Å². The van der Waals surface area contributed by atoms with Crippen molar-refractivity contribution < 1.29 is 9.52 Å². The van der Waals surface area contributed by atoms with Gasteiger partial charge in [-0.25, -0.2) is 4.98 Å². The molecule has 0 radical (unpaired) electrons. The first kappa shape index (κ1) is 10.4. The summed E-state index contributed by atoms with van der Waals surface area (Å²) in [4.78, 5) is 4.32. The van der Waals surface area contributed by atoms with Crippen molar-refractivity contribution in [1.82, 2.24) is 4.98 Å². The molecule has 0 amide bonds. The van der Waals surface area contributed by atoms with Gasteiger partial charge in [-0.15, -0.1) is 6.42 Å². The van der Waals surface area contributed by atoms with E-state index >= 15 is 0 Å². The second-order valence-electron chi connectivity index (χ2n) is 3.86. The number of hydrogen-bond donors (Lipinski definition) is 1. The van der Waals surface area contributed by atoms with Crippen LogP contribution in [0.4, 0.5) is 0 Å². The lowest BCUT2D eigenvalue weighted by Crippen LogP contribution is -1.81. The van der Waals surface area contributed by atoms with Gasteiger partial charge in [0.15, 0.2) is 5.58 Å². The van der Waals surface area contributed by atoms with Gasteiger partial charge in [0.05, 0.1) is 5.56 Å². The maximum absolute atomic E-state index is 9.84. The van der Waals surface area contributed by atoms with Crippen LogP contribution >= 0.6 is 0 Å². The molecule has 3 aromatic rings. The first-order chi connectivity index (χ1) is 8.78. The first-order valence-corrected chi connectivity index (χ1v) is 5.43. The molecule has 0 atom stereocenters. The van der Waals surface area contributed by atoms with Gasteiger partial charge in [-0.1, -0.05) is 18.1 Å². The largest absolute Gasteiger partial charge is 0.507 e. The summed E-state index contributed by atoms with van der Waals surface area (Å²) in [5.41, 5.74) is 2.60. The topological polar surface area (TPSA) is 46.3 Å². The van der Waals surface area contributed by atoms with E-state index in [0.29, 0.717) is 22.6 Å². The Kier molecular flexibility index (Phi) is 2.28. The van der Waals surface area contributed by atoms with E-state index in [4.69, 9.17) is 10.8 Å². The third-order valence-corrected chi connectivity index (χ3v) is 2.69. The normalized spacial score (nSPS) is 10.4. The third-order valence-electron chi connectivity index (χ3n) is 2.69. The number of hydrogen-bond acceptors (Lipinski definition) is 3. The summed E-state index contributed by atoms with van der Waals surface area (Å²) in [6.45, 7) is 0. The number of aromatic hydroxyl groups is 1. The molecule has 0 bridgehead atoms. The van der Waals surface area contributed by atoms with Gasteiger partial charge in [-0.2, -0.15) is 0 Å². The number of terminal acetylenes is 1. The Morgan fingerprint density at radius 3 is 2.78 bits per heavy atom. The molecule has 0 spiro atoms. The average Bonchev–Trinajstić information content (AvgIpc) is 2.82. The van der Waals surface area contributed by atoms with Crippen LogP contribution in [0.2, 0.25) is 0 Å². The zero-order valence-electron chi connectivity index (χ0n) is 9.42. The van der Waals surface area contributed by atoms with E-state index in [-0.39, 0.29) is 5.75 Å². The van der Waals surface area contributed by atoms with E-state index in [1.807, 2.05) is 24.3 Å². The second kappa shape index (κ2) is 3.94. The van der Waals surface area contributed by atoms with Crippen molar-refractivity contribution in [3.05, 3.63) is 48.0 Å². The standard InChI is InChI=1S/C15H9NO2/c1-2-10-7-8-13(17)11(9-10)15-16-12-5-3-4-6-14(12)18-15/h1,3-9,17H. The van der Waals surface area contributed by atoms with Crippen molar-refractivity contribution in [2.24, 2.45) is 0 Å². The minimum Gasteiger partial charge on any atom is -0.507 e. The van der Waals surface area contributed by atoms with Gasteiger partial charge < -0.3 is 9.52 Å². The van der Waals surface area contributed by atoms with Gasteiger partial charge in [-0.3, -0.25) is 0 Å². The summed E-state index contributed by atoms with van der Waals surface area (Å²) in [5.74, 6) is 2.98. The molecular weight excluding hydrogens is 226 g/mol. The van der Waals surface area contributed by atoms with Gasteiger partial charge in [0.25, 0.3) is 0 Å². The SMILES string of the molecule is C#Cc1ccc(O)c(-c2nc3ccccc3o2)c1. The van der Waals surface area contributed by atoms with Gasteiger partial charge in [0, 0.05) is 5.56 Å². The zero-order valence-corrected chi connectivity index (χ0v) is 9.42. The maximum Gasteiger partial charge on any atom is 0.231 e. The molecular formula is C15H9NO2. The number of aromatic nitrogens is 1. The average molecular weight is 235 g/mol. The van der Waals surface area contributed by atoms with Crippen LogP contribution in [0.15, 0.2) is 46.9 Å². The summed E-state index contributed by atoms with van der Waals surface area (Å²) in [6, 6.07) is 12.3. The van der Waals surface area contributed by atoms with Crippen molar-refractivity contribution >= 4 is 11.1 Å². The lowest BCUT2D eigenvalue weighted by atomic mass is 10.1. The van der Waals surface area contributed by atoms with E-state index < -0.39 is 0 Å². The highest BCUT2D eigenvalue weighted by atomic mass is 16.3. The molecule has 0 aliphatic rings. The molecule has 0 saturated heterocycles. The van der Waals surface area contributed by atoms with Crippen LogP contribution < -0.4 is 0 Å². The minimum atomic E-state index is 0.0977. The summed E-state index contributed by atoms with van der Waals surface area (Å²) < 4.78 is 5.59. The van der Waals surface area contributed by atoms with Crippen LogP contribution in [-0.2, 0) is 0 Å². The fraction of sp³-hybridized carbons (Fsp3) is 0. The highest BCUT2D eigenvalue weighted by Crippen LogP contribution is 2.31. The highest BCUT2D eigenvalue weighted by molar-refractivity contribution is 5.77. The Hall–Kier alpha value is -2.73. The highest BCUT2D eigenvalue weighted by Gasteiger charge is 2.12. The quantitative estimate of drug-likeness (QED) is 0.659. The first-order valence-electron chi connectivity index (χ1n) is 5.43. The second-order valence-corrected chi connectivity index (χ2v) is 3.86. The molecule has 0 aliphatic heterocycles. The molecule has 1 heterocycles. The van der Waals surface area contributed by atoms with Crippen molar-refractivity contribution in [3.63, 3.8) is 0 Å². The molecule has 1 aromatic heterocycles. The summed E-state index contributed by atoms with van der Waals surface area (Å²) in [6.07, 6.45) is 5.34. The van der Waals surface area contributed by atoms with E-state index in [2.05, 4.69) is 10.9 Å². The van der Waals surface area contributed by atoms with Crippen molar-refractivity contribution in [2.45, 2.75) is 0 Å². The van der Waals surface area contributed by atoms with E-state index in [1.54, 1.807) is 18.2 Å². The van der Waals surface area contributed by atoms with Crippen molar-refractivity contribution in [3.8, 4) is 29.5 Å². The summed E-state index contributed by atoms with van der Waals surface area (Å²) >= 11 is 0. The lowest BCUT2D eigenvalue weighted by molar-refractivity contribution is 0.474. The predicted octanol–water partition coefficient (Wildman–Crippen LogP) is 3.18. The lowest BCUT2D eigenvalue weighted by Gasteiger charge is -2.00. The maximum atomic E-state index is 9.84. The molecule has 2 aromatic carbocycles. The monoisotopic (exact) mass is 235 g/mol. The fourth-order valence-electron chi connectivity index (χ4n) is 1.78. The molecule has 86 valence electrons. The van der Waals surface area contributed by atoms with Gasteiger partial charge >= 0.3 is 0 Å². The Morgan fingerprint density at radius 2 is 2.00 bits per heavy atom. The molecule has 1 N–H and O–H groups in total. The van der Waals surface area contributed by atoms with E-state index in [1.165, 1.54) is 0 Å². The Bertz CT molecular complexity index is 733. The number of fused-ring (bicyclic) bond motifs is 1. The number of oxazole rings is 1. The summed E-state index contributed by atoms with van der Waals surface area (Å²) in [5, 5.41) is 9.84. The van der Waals surface area contributed by atoms with Gasteiger partial charge in [-0.05, 0) is 30.3 Å². The molecule has 0 fully saturated rings. The van der Waals surface area contributed by atoms with Crippen LogP contribution in [0.25, 0.3) is 22.6 Å². The number of benzene rings is 2. The molecule has 3 nitrogen and oxygen atoms in total. The van der Waals surface area contributed by atoms with Crippen molar-refractivity contribution in [2.75, 3.05) is 0 Å². The molecule has 3 rings (SSSR count). The minimum absolute atomic E-state index is 0.0977. The van der Waals surface area contributed by atoms with Gasteiger partial charge in [0.2, 0.25) is 5.89 Å². The number of para-hydroxylation sites is 2. The van der Waals surface area contributed by atoms with E-state index in [0.717, 1.165) is 5.52 Å². The van der Waals surface area contributed by atoms with Gasteiger partial charge in [0.1, 0.15) is 11.3 Å². The van der Waals surface area contributed by atoms with Crippen LogP contribution in [0, 0.1) is 12.3 Å². The smallest absolute Gasteiger partial charge is 0.231 e. The zero-order chi connectivity index (χ0) is 12.5. The van der Waals surface area contributed by atoms with Crippen LogP contribution in [0.1, 0.15) is 5.56 Å². The number of rotatable bonds is 1.